The van der Waals surface area contributed by atoms with Gasteiger partial charge in [0.15, 0.2) is 0 Å². The molecule has 0 atom stereocenters. The average molecular weight is 199 g/mol. The van der Waals surface area contributed by atoms with Crippen LogP contribution in [-0.4, -0.2) is 4.98 Å². The molecule has 1 aromatic heterocycles. The van der Waals surface area contributed by atoms with E-state index in [-0.39, 0.29) is 22.5 Å². The van der Waals surface area contributed by atoms with Gasteiger partial charge in [0.2, 0.25) is 0 Å². The normalized spacial score (nSPS) is 10.5. The van der Waals surface area contributed by atoms with E-state index >= 15 is 0 Å². The van der Waals surface area contributed by atoms with Crippen molar-refractivity contribution in [2.45, 2.75) is 26.2 Å². The molecule has 1 heterocycles. The van der Waals surface area contributed by atoms with E-state index in [1.165, 1.54) is 0 Å². The Morgan fingerprint density at radius 1 is 1.18 bits per heavy atom. The van der Waals surface area contributed by atoms with Crippen LogP contribution in [0, 0.1) is 0 Å². The predicted molar refractivity (Wildman–Crippen MR) is 42.9 cm³/mol. The summed E-state index contributed by atoms with van der Waals surface area (Å²) < 4.78 is 0. The maximum atomic E-state index is 4.25. The van der Waals surface area contributed by atoms with Crippen LogP contribution in [0.4, 0.5) is 0 Å². The van der Waals surface area contributed by atoms with Crippen molar-refractivity contribution in [1.29, 1.82) is 0 Å². The van der Waals surface area contributed by atoms with Crippen LogP contribution in [0.5, 0.6) is 0 Å². The molecule has 2 heteroatoms. The van der Waals surface area contributed by atoms with E-state index in [2.05, 4.69) is 31.8 Å². The smallest absolute Gasteiger partial charge is 0.0457 e. The molecular formula is C9H13CuN. The molecule has 1 rings (SSSR count). The summed E-state index contributed by atoms with van der Waals surface area (Å²) in [5.74, 6) is 0. The van der Waals surface area contributed by atoms with Crippen molar-refractivity contribution in [3.63, 3.8) is 0 Å². The van der Waals surface area contributed by atoms with Crippen molar-refractivity contribution in [3.05, 3.63) is 30.1 Å². The van der Waals surface area contributed by atoms with E-state index in [4.69, 9.17) is 0 Å². The molecule has 0 aliphatic heterocycles. The second-order valence-corrected chi connectivity index (χ2v) is 3.46. The van der Waals surface area contributed by atoms with Crippen molar-refractivity contribution in [1.82, 2.24) is 4.98 Å². The molecule has 11 heavy (non-hydrogen) atoms. The first-order valence-electron chi connectivity index (χ1n) is 3.52. The molecule has 1 aromatic rings. The quantitative estimate of drug-likeness (QED) is 0.584. The summed E-state index contributed by atoms with van der Waals surface area (Å²) >= 11 is 0. The Labute approximate surface area is 78.7 Å². The third kappa shape index (κ3) is 3.04. The Balaban J connectivity index is 0.000001000. The van der Waals surface area contributed by atoms with Crippen molar-refractivity contribution < 1.29 is 17.1 Å². The van der Waals surface area contributed by atoms with E-state index in [0.29, 0.717) is 0 Å². The number of hydrogen-bond acceptors (Lipinski definition) is 1. The van der Waals surface area contributed by atoms with E-state index in [9.17, 15) is 0 Å². The molecule has 0 spiro atoms. The molecule has 0 amide bonds. The fraction of sp³-hybridized carbons (Fsp3) is 0.444. The van der Waals surface area contributed by atoms with Gasteiger partial charge >= 0.3 is 0 Å². The van der Waals surface area contributed by atoms with Gasteiger partial charge in [0.25, 0.3) is 0 Å². The van der Waals surface area contributed by atoms with Crippen molar-refractivity contribution >= 4 is 0 Å². The Morgan fingerprint density at radius 3 is 2.09 bits per heavy atom. The second kappa shape index (κ2) is 3.89. The Hall–Kier alpha value is -0.331. The summed E-state index contributed by atoms with van der Waals surface area (Å²) in [7, 11) is 0. The third-order valence-electron chi connectivity index (χ3n) is 1.43. The molecule has 0 aliphatic rings. The van der Waals surface area contributed by atoms with Gasteiger partial charge in [-0.15, -0.1) is 0 Å². The summed E-state index contributed by atoms with van der Waals surface area (Å²) in [5, 5.41) is 0. The SMILES string of the molecule is CC(C)(C)c1ccccn1.[Cu]. The standard InChI is InChI=1S/C9H13N.Cu/c1-9(2,3)8-6-4-5-7-10-8;/h4-7H,1-3H3;. The van der Waals surface area contributed by atoms with Crippen LogP contribution in [-0.2, 0) is 22.5 Å². The first-order valence-corrected chi connectivity index (χ1v) is 3.52. The van der Waals surface area contributed by atoms with Gasteiger partial charge in [-0.2, -0.15) is 0 Å². The molecule has 0 saturated carbocycles. The maximum Gasteiger partial charge on any atom is 0.0457 e. The molecule has 0 bridgehead atoms. The minimum absolute atomic E-state index is 0. The molecule has 0 saturated heterocycles. The topological polar surface area (TPSA) is 12.9 Å². The number of aromatic nitrogens is 1. The zero-order valence-electron chi connectivity index (χ0n) is 7.06. The number of nitrogens with zero attached hydrogens (tertiary/aromatic N) is 1. The zero-order chi connectivity index (χ0) is 7.61. The number of rotatable bonds is 0. The molecule has 0 fully saturated rings. The van der Waals surface area contributed by atoms with E-state index < -0.39 is 0 Å². The van der Waals surface area contributed by atoms with E-state index in [0.717, 1.165) is 5.69 Å². The largest absolute Gasteiger partial charge is 0.261 e. The number of pyridine rings is 1. The van der Waals surface area contributed by atoms with Gasteiger partial charge in [-0.3, -0.25) is 4.98 Å². The average Bonchev–Trinajstić information content (AvgIpc) is 1.88. The van der Waals surface area contributed by atoms with Crippen LogP contribution in [0.25, 0.3) is 0 Å². The molecular weight excluding hydrogens is 186 g/mol. The fourth-order valence-corrected chi connectivity index (χ4v) is 0.806. The van der Waals surface area contributed by atoms with Crippen LogP contribution >= 0.6 is 0 Å². The Bertz CT molecular complexity index is 201. The van der Waals surface area contributed by atoms with Crippen LogP contribution < -0.4 is 0 Å². The zero-order valence-corrected chi connectivity index (χ0v) is 8.00. The van der Waals surface area contributed by atoms with Crippen LogP contribution in [0.1, 0.15) is 26.5 Å². The van der Waals surface area contributed by atoms with Gasteiger partial charge in [-0.1, -0.05) is 26.8 Å². The molecule has 1 nitrogen and oxygen atoms in total. The maximum absolute atomic E-state index is 4.25. The van der Waals surface area contributed by atoms with Gasteiger partial charge in [0.1, 0.15) is 0 Å². The van der Waals surface area contributed by atoms with E-state index in [1.54, 1.807) is 0 Å². The fourth-order valence-electron chi connectivity index (χ4n) is 0.806. The van der Waals surface area contributed by atoms with Crippen molar-refractivity contribution in [2.75, 3.05) is 0 Å². The Kier molecular flexibility index (Phi) is 3.77. The van der Waals surface area contributed by atoms with Gasteiger partial charge in [0, 0.05) is 34.4 Å². The summed E-state index contributed by atoms with van der Waals surface area (Å²) in [6.45, 7) is 6.49. The van der Waals surface area contributed by atoms with Crippen molar-refractivity contribution in [3.8, 4) is 0 Å². The Morgan fingerprint density at radius 2 is 1.82 bits per heavy atom. The monoisotopic (exact) mass is 198 g/mol. The molecule has 1 radical (unpaired) electrons. The molecule has 0 aliphatic carbocycles. The summed E-state index contributed by atoms with van der Waals surface area (Å²) in [4.78, 5) is 4.25. The first-order chi connectivity index (χ1) is 4.61. The summed E-state index contributed by atoms with van der Waals surface area (Å²) in [6, 6.07) is 6.02. The summed E-state index contributed by atoms with van der Waals surface area (Å²) in [6.07, 6.45) is 1.83. The predicted octanol–water partition coefficient (Wildman–Crippen LogP) is 2.38. The second-order valence-electron chi connectivity index (χ2n) is 3.46. The minimum atomic E-state index is 0. The molecule has 0 unspecified atom stereocenters. The van der Waals surface area contributed by atoms with Crippen molar-refractivity contribution in [2.24, 2.45) is 0 Å². The molecule has 0 aromatic carbocycles. The van der Waals surface area contributed by atoms with Gasteiger partial charge in [0.05, 0.1) is 0 Å². The first kappa shape index (κ1) is 10.7. The van der Waals surface area contributed by atoms with Crippen LogP contribution in [0.15, 0.2) is 24.4 Å². The van der Waals surface area contributed by atoms with Gasteiger partial charge in [-0.25, -0.2) is 0 Å². The molecule has 0 N–H and O–H groups in total. The van der Waals surface area contributed by atoms with Gasteiger partial charge < -0.3 is 0 Å². The van der Waals surface area contributed by atoms with E-state index in [1.807, 2.05) is 18.3 Å². The minimum Gasteiger partial charge on any atom is -0.261 e. The van der Waals surface area contributed by atoms with Gasteiger partial charge in [-0.05, 0) is 12.1 Å². The molecule has 65 valence electrons. The van der Waals surface area contributed by atoms with Crippen LogP contribution in [0.2, 0.25) is 0 Å². The third-order valence-corrected chi connectivity index (χ3v) is 1.43. The number of hydrogen-bond donors (Lipinski definition) is 0. The summed E-state index contributed by atoms with van der Waals surface area (Å²) in [5.41, 5.74) is 1.33. The van der Waals surface area contributed by atoms with Crippen LogP contribution in [0.3, 0.4) is 0 Å².